The van der Waals surface area contributed by atoms with E-state index in [0.29, 0.717) is 30.5 Å². The van der Waals surface area contributed by atoms with E-state index < -0.39 is 0 Å². The Kier molecular flexibility index (Phi) is 5.46. The van der Waals surface area contributed by atoms with E-state index in [1.165, 1.54) is 10.2 Å². The average Bonchev–Trinajstić information content (AvgIpc) is 3.31. The van der Waals surface area contributed by atoms with E-state index in [-0.39, 0.29) is 17.5 Å². The fourth-order valence-electron chi connectivity index (χ4n) is 3.53. The van der Waals surface area contributed by atoms with Gasteiger partial charge in [0.1, 0.15) is 11.8 Å². The summed E-state index contributed by atoms with van der Waals surface area (Å²) in [5.74, 6) is -0.000103. The zero-order valence-electron chi connectivity index (χ0n) is 16.4. The maximum absolute atomic E-state index is 12.6. The van der Waals surface area contributed by atoms with Crippen LogP contribution in [-0.4, -0.2) is 26.1 Å². The highest BCUT2D eigenvalue weighted by atomic mass is 16.3. The molecular formula is C22H24N4O3. The Balaban J connectivity index is 1.27. The Morgan fingerprint density at radius 1 is 1.21 bits per heavy atom. The number of nitrogens with zero attached hydrogens (tertiary/aromatic N) is 3. The summed E-state index contributed by atoms with van der Waals surface area (Å²) >= 11 is 0. The molecule has 0 bridgehead atoms. The zero-order valence-corrected chi connectivity index (χ0v) is 16.4. The van der Waals surface area contributed by atoms with Crippen LogP contribution >= 0.6 is 0 Å². The quantitative estimate of drug-likeness (QED) is 0.499. The molecule has 0 unspecified atom stereocenters. The summed E-state index contributed by atoms with van der Waals surface area (Å²) in [5.41, 5.74) is 3.08. The van der Waals surface area contributed by atoms with Gasteiger partial charge in [0.05, 0.1) is 11.8 Å². The minimum absolute atomic E-state index is 0.000103. The van der Waals surface area contributed by atoms with Crippen LogP contribution in [0.3, 0.4) is 0 Å². The van der Waals surface area contributed by atoms with Gasteiger partial charge < -0.3 is 9.73 Å². The second-order valence-corrected chi connectivity index (χ2v) is 7.33. The third kappa shape index (κ3) is 4.23. The molecule has 1 amide bonds. The molecule has 1 N–H and O–H groups in total. The fourth-order valence-corrected chi connectivity index (χ4v) is 3.53. The number of carbonyl (C=O) groups is 1. The first-order chi connectivity index (χ1) is 14.1. The lowest BCUT2D eigenvalue weighted by Crippen LogP contribution is -2.33. The standard InChI is InChI=1S/C22H24N4O3/c1-16(9-10-17-6-3-2-4-7-17)24-21(27)8-5-12-26-22(28)19-14-20-18(11-13-29-20)25(19)15-23-26/h2-4,6-7,11,13-16H,5,8-10,12H2,1H3,(H,24,27)/t16-/m0/s1. The van der Waals surface area contributed by atoms with Crippen molar-refractivity contribution in [1.82, 2.24) is 19.5 Å². The van der Waals surface area contributed by atoms with E-state index in [0.717, 1.165) is 18.4 Å². The minimum Gasteiger partial charge on any atom is -0.463 e. The van der Waals surface area contributed by atoms with Crippen LogP contribution in [0.1, 0.15) is 31.7 Å². The molecule has 0 aliphatic heterocycles. The molecule has 0 radical (unpaired) electrons. The van der Waals surface area contributed by atoms with Crippen LogP contribution in [0.25, 0.3) is 16.6 Å². The summed E-state index contributed by atoms with van der Waals surface area (Å²) in [6, 6.07) is 13.9. The second kappa shape index (κ2) is 8.34. The molecule has 7 heteroatoms. The van der Waals surface area contributed by atoms with E-state index in [2.05, 4.69) is 22.5 Å². The third-order valence-electron chi connectivity index (χ3n) is 5.11. The summed E-state index contributed by atoms with van der Waals surface area (Å²) in [4.78, 5) is 24.8. The van der Waals surface area contributed by atoms with Crippen molar-refractivity contribution in [3.05, 3.63) is 71.0 Å². The third-order valence-corrected chi connectivity index (χ3v) is 5.11. The maximum atomic E-state index is 12.6. The highest BCUT2D eigenvalue weighted by molar-refractivity contribution is 5.81. The van der Waals surface area contributed by atoms with Gasteiger partial charge >= 0.3 is 0 Å². The highest BCUT2D eigenvalue weighted by Crippen LogP contribution is 2.18. The SMILES string of the molecule is C[C@@H](CCc1ccccc1)NC(=O)CCCn1ncn2c(cc3occc32)c1=O. The Labute approximate surface area is 167 Å². The molecule has 7 nitrogen and oxygen atoms in total. The highest BCUT2D eigenvalue weighted by Gasteiger charge is 2.12. The van der Waals surface area contributed by atoms with Crippen molar-refractivity contribution in [2.45, 2.75) is 45.2 Å². The van der Waals surface area contributed by atoms with E-state index in [9.17, 15) is 9.59 Å². The number of hydrogen-bond donors (Lipinski definition) is 1. The van der Waals surface area contributed by atoms with Gasteiger partial charge in [-0.2, -0.15) is 5.10 Å². The summed E-state index contributed by atoms with van der Waals surface area (Å²) in [5, 5.41) is 7.25. The number of aryl methyl sites for hydroxylation is 2. The van der Waals surface area contributed by atoms with Gasteiger partial charge in [-0.05, 0) is 31.7 Å². The van der Waals surface area contributed by atoms with E-state index in [4.69, 9.17) is 4.42 Å². The normalized spacial score (nSPS) is 12.4. The van der Waals surface area contributed by atoms with Crippen molar-refractivity contribution in [2.24, 2.45) is 0 Å². The van der Waals surface area contributed by atoms with E-state index >= 15 is 0 Å². The van der Waals surface area contributed by atoms with Crippen molar-refractivity contribution in [3.63, 3.8) is 0 Å². The average molecular weight is 392 g/mol. The van der Waals surface area contributed by atoms with Crippen LogP contribution in [0.15, 0.2) is 64.3 Å². The number of carbonyl (C=O) groups excluding carboxylic acids is 1. The smallest absolute Gasteiger partial charge is 0.291 e. The number of furan rings is 1. The number of hydrogen-bond acceptors (Lipinski definition) is 4. The zero-order chi connectivity index (χ0) is 20.2. The predicted molar refractivity (Wildman–Crippen MR) is 111 cm³/mol. The first-order valence-electron chi connectivity index (χ1n) is 9.89. The Morgan fingerprint density at radius 2 is 2.03 bits per heavy atom. The summed E-state index contributed by atoms with van der Waals surface area (Å²) in [6.07, 6.45) is 5.93. The molecule has 0 spiro atoms. The van der Waals surface area contributed by atoms with Crippen molar-refractivity contribution in [3.8, 4) is 0 Å². The Morgan fingerprint density at radius 3 is 2.86 bits per heavy atom. The molecule has 0 aliphatic rings. The lowest BCUT2D eigenvalue weighted by molar-refractivity contribution is -0.121. The van der Waals surface area contributed by atoms with Crippen molar-refractivity contribution < 1.29 is 9.21 Å². The minimum atomic E-state index is -0.185. The summed E-state index contributed by atoms with van der Waals surface area (Å²) in [7, 11) is 0. The summed E-state index contributed by atoms with van der Waals surface area (Å²) < 4.78 is 8.47. The van der Waals surface area contributed by atoms with Crippen molar-refractivity contribution >= 4 is 22.5 Å². The molecule has 0 saturated carbocycles. The monoisotopic (exact) mass is 392 g/mol. The van der Waals surface area contributed by atoms with Gasteiger partial charge in [-0.1, -0.05) is 30.3 Å². The van der Waals surface area contributed by atoms with Gasteiger partial charge in [-0.25, -0.2) is 4.68 Å². The van der Waals surface area contributed by atoms with E-state index in [1.807, 2.05) is 25.1 Å². The summed E-state index contributed by atoms with van der Waals surface area (Å²) in [6.45, 7) is 2.41. The maximum Gasteiger partial charge on any atom is 0.291 e. The van der Waals surface area contributed by atoms with Gasteiger partial charge in [-0.15, -0.1) is 0 Å². The number of amides is 1. The Bertz CT molecular complexity index is 1170. The molecule has 3 aromatic heterocycles. The first kappa shape index (κ1) is 19.0. The van der Waals surface area contributed by atoms with E-state index in [1.54, 1.807) is 29.1 Å². The molecule has 4 rings (SSSR count). The Hall–Kier alpha value is -3.35. The van der Waals surface area contributed by atoms with Crippen LogP contribution in [0, 0.1) is 0 Å². The molecule has 150 valence electrons. The molecule has 1 atom stereocenters. The van der Waals surface area contributed by atoms with Crippen LogP contribution in [0.4, 0.5) is 0 Å². The largest absolute Gasteiger partial charge is 0.463 e. The lowest BCUT2D eigenvalue weighted by atomic mass is 10.1. The van der Waals surface area contributed by atoms with Gasteiger partial charge in [-0.3, -0.25) is 14.0 Å². The molecule has 0 aliphatic carbocycles. The van der Waals surface area contributed by atoms with Crippen LogP contribution < -0.4 is 10.9 Å². The predicted octanol–water partition coefficient (Wildman–Crippen LogP) is 3.16. The van der Waals surface area contributed by atoms with Crippen molar-refractivity contribution in [2.75, 3.05) is 0 Å². The van der Waals surface area contributed by atoms with Gasteiger partial charge in [0.15, 0.2) is 5.58 Å². The number of rotatable bonds is 8. The number of benzene rings is 1. The number of aromatic nitrogens is 3. The first-order valence-corrected chi connectivity index (χ1v) is 9.89. The molecule has 29 heavy (non-hydrogen) atoms. The molecular weight excluding hydrogens is 368 g/mol. The van der Waals surface area contributed by atoms with Gasteiger partial charge in [0.25, 0.3) is 5.56 Å². The van der Waals surface area contributed by atoms with Crippen molar-refractivity contribution in [1.29, 1.82) is 0 Å². The molecule has 0 saturated heterocycles. The van der Waals surface area contributed by atoms with Crippen LogP contribution in [0.5, 0.6) is 0 Å². The second-order valence-electron chi connectivity index (χ2n) is 7.33. The lowest BCUT2D eigenvalue weighted by Gasteiger charge is -2.14. The molecule has 3 heterocycles. The molecule has 0 fully saturated rings. The van der Waals surface area contributed by atoms with Crippen LogP contribution in [-0.2, 0) is 17.8 Å². The molecule has 1 aromatic carbocycles. The fraction of sp³-hybridized carbons (Fsp3) is 0.318. The number of fused-ring (bicyclic) bond motifs is 3. The van der Waals surface area contributed by atoms with Gasteiger partial charge in [0.2, 0.25) is 5.91 Å². The van der Waals surface area contributed by atoms with Gasteiger partial charge in [0, 0.05) is 31.1 Å². The van der Waals surface area contributed by atoms with Crippen LogP contribution in [0.2, 0.25) is 0 Å². The topological polar surface area (TPSA) is 81.5 Å². The molecule has 4 aromatic rings. The number of nitrogens with one attached hydrogen (secondary N) is 1.